The van der Waals surface area contributed by atoms with Gasteiger partial charge in [0.1, 0.15) is 6.10 Å². The Balaban J connectivity index is 4.61. The lowest BCUT2D eigenvalue weighted by atomic mass is 10.0. The Labute approximate surface area is 371 Å². The molecule has 1 amide bonds. The molecular weight excluding hydrogens is 743 g/mol. The average Bonchev–Trinajstić information content (AvgIpc) is 3.24. The van der Waals surface area contributed by atoms with E-state index in [0.29, 0.717) is 19.3 Å². The molecular formula is C54H97NO5. The summed E-state index contributed by atoms with van der Waals surface area (Å²) in [5.41, 5.74) is 0. The molecule has 0 aromatic heterocycles. The van der Waals surface area contributed by atoms with Gasteiger partial charge in [-0.2, -0.15) is 0 Å². The van der Waals surface area contributed by atoms with E-state index in [2.05, 4.69) is 62.5 Å². The highest BCUT2D eigenvalue weighted by atomic mass is 16.5. The van der Waals surface area contributed by atoms with Crippen LogP contribution in [0.25, 0.3) is 0 Å². The molecule has 0 bridgehead atoms. The third kappa shape index (κ3) is 42.3. The largest absolute Gasteiger partial charge is 0.462 e. The Kier molecular flexibility index (Phi) is 45.7. The van der Waals surface area contributed by atoms with Gasteiger partial charge < -0.3 is 20.3 Å². The molecule has 0 spiro atoms. The van der Waals surface area contributed by atoms with Gasteiger partial charge in [-0.25, -0.2) is 0 Å². The summed E-state index contributed by atoms with van der Waals surface area (Å²) >= 11 is 0. The lowest BCUT2D eigenvalue weighted by Gasteiger charge is -2.24. The van der Waals surface area contributed by atoms with Crippen molar-refractivity contribution in [1.29, 1.82) is 0 Å². The SMILES string of the molecule is CCC/C=C/C=C/C=C/C=C/C=C/CCCCCCCC(=O)OC(CCCCCCCCCCCCCCCC)CC(=O)NC(CO)C(O)CCCCCCCCCCC. The minimum absolute atomic E-state index is 0.0677. The van der Waals surface area contributed by atoms with Crippen LogP contribution < -0.4 is 5.32 Å². The summed E-state index contributed by atoms with van der Waals surface area (Å²) in [7, 11) is 0. The molecule has 3 atom stereocenters. The molecule has 0 aromatic rings. The minimum atomic E-state index is -0.791. The molecule has 3 N–H and O–H groups in total. The maximum atomic E-state index is 13.2. The second kappa shape index (κ2) is 47.6. The number of esters is 1. The van der Waals surface area contributed by atoms with Crippen molar-refractivity contribution in [2.45, 2.75) is 264 Å². The topological polar surface area (TPSA) is 95.9 Å². The van der Waals surface area contributed by atoms with Crippen molar-refractivity contribution in [1.82, 2.24) is 5.32 Å². The molecule has 0 aromatic carbocycles. The van der Waals surface area contributed by atoms with Gasteiger partial charge in [0.2, 0.25) is 5.91 Å². The zero-order chi connectivity index (χ0) is 43.8. The molecule has 6 heteroatoms. The van der Waals surface area contributed by atoms with Gasteiger partial charge in [-0.1, -0.05) is 248 Å². The van der Waals surface area contributed by atoms with E-state index >= 15 is 0 Å². The van der Waals surface area contributed by atoms with E-state index in [-0.39, 0.29) is 24.9 Å². The number of ether oxygens (including phenoxy) is 1. The van der Waals surface area contributed by atoms with Crippen molar-refractivity contribution < 1.29 is 24.5 Å². The Hall–Kier alpha value is -2.44. The lowest BCUT2D eigenvalue weighted by Crippen LogP contribution is -2.46. The first-order chi connectivity index (χ1) is 29.5. The highest BCUT2D eigenvalue weighted by Crippen LogP contribution is 2.18. The van der Waals surface area contributed by atoms with Crippen LogP contribution in [0.5, 0.6) is 0 Å². The maximum absolute atomic E-state index is 13.2. The number of nitrogens with one attached hydrogen (secondary N) is 1. The summed E-state index contributed by atoms with van der Waals surface area (Å²) in [6, 6.07) is -0.705. The zero-order valence-electron chi connectivity index (χ0n) is 39.6. The molecule has 0 radical (unpaired) electrons. The third-order valence-corrected chi connectivity index (χ3v) is 11.5. The standard InChI is InChI=1S/C54H97NO5/c1-4-7-10-13-16-19-21-23-25-26-27-28-30-32-35-38-41-44-47-54(59)60-50(45-42-39-36-34-31-29-24-22-20-17-14-11-8-5-2)48-53(58)55-51(49-56)52(57)46-43-40-37-33-18-15-12-9-6-3/h10,13,16,19,21,23,25-28,50-52,56-57H,4-9,11-12,14-15,17-18,20,22,24,29-49H2,1-3H3,(H,55,58)/b13-10+,19-16+,23-21+,26-25+,28-27+. The van der Waals surface area contributed by atoms with Gasteiger partial charge in [0.15, 0.2) is 0 Å². The molecule has 0 heterocycles. The van der Waals surface area contributed by atoms with Gasteiger partial charge in [-0.3, -0.25) is 9.59 Å². The first kappa shape index (κ1) is 57.6. The molecule has 0 aliphatic heterocycles. The predicted octanol–water partition coefficient (Wildman–Crippen LogP) is 15.2. The van der Waals surface area contributed by atoms with E-state index in [4.69, 9.17) is 4.74 Å². The van der Waals surface area contributed by atoms with Gasteiger partial charge in [0.05, 0.1) is 25.2 Å². The molecule has 0 aliphatic rings. The van der Waals surface area contributed by atoms with Crippen molar-refractivity contribution in [3.8, 4) is 0 Å². The van der Waals surface area contributed by atoms with E-state index in [1.54, 1.807) is 0 Å². The van der Waals surface area contributed by atoms with Crippen molar-refractivity contribution in [2.24, 2.45) is 0 Å². The van der Waals surface area contributed by atoms with Crippen LogP contribution in [0.15, 0.2) is 60.8 Å². The molecule has 348 valence electrons. The second-order valence-electron chi connectivity index (χ2n) is 17.3. The quantitative estimate of drug-likeness (QED) is 0.0322. The Morgan fingerprint density at radius 3 is 1.35 bits per heavy atom. The van der Waals surface area contributed by atoms with Crippen LogP contribution in [0, 0.1) is 0 Å². The second-order valence-corrected chi connectivity index (χ2v) is 17.3. The van der Waals surface area contributed by atoms with Crippen LogP contribution in [0.4, 0.5) is 0 Å². The molecule has 6 nitrogen and oxygen atoms in total. The summed E-state index contributed by atoms with van der Waals surface area (Å²) < 4.78 is 5.92. The number of carbonyl (C=O) groups excluding carboxylic acids is 2. The van der Waals surface area contributed by atoms with Gasteiger partial charge in [0.25, 0.3) is 0 Å². The molecule has 60 heavy (non-hydrogen) atoms. The molecule has 0 saturated carbocycles. The first-order valence-corrected chi connectivity index (χ1v) is 25.6. The highest BCUT2D eigenvalue weighted by molar-refractivity contribution is 5.77. The number of hydrogen-bond donors (Lipinski definition) is 3. The van der Waals surface area contributed by atoms with Crippen molar-refractivity contribution in [2.75, 3.05) is 6.61 Å². The van der Waals surface area contributed by atoms with Crippen LogP contribution in [-0.4, -0.2) is 46.9 Å². The Bertz CT molecular complexity index is 1080. The zero-order valence-corrected chi connectivity index (χ0v) is 39.6. The van der Waals surface area contributed by atoms with Crippen molar-refractivity contribution in [3.05, 3.63) is 60.8 Å². The van der Waals surface area contributed by atoms with E-state index < -0.39 is 18.2 Å². The molecule has 0 fully saturated rings. The fraction of sp³-hybridized carbons (Fsp3) is 0.778. The first-order valence-electron chi connectivity index (χ1n) is 25.6. The number of amides is 1. The van der Waals surface area contributed by atoms with E-state index in [9.17, 15) is 19.8 Å². The minimum Gasteiger partial charge on any atom is -0.462 e. The monoisotopic (exact) mass is 840 g/mol. The number of carbonyl (C=O) groups is 2. The van der Waals surface area contributed by atoms with Crippen LogP contribution in [-0.2, 0) is 14.3 Å². The summed E-state index contributed by atoms with van der Waals surface area (Å²) in [5, 5.41) is 23.7. The number of allylic oxidation sites excluding steroid dienone is 10. The number of rotatable bonds is 45. The van der Waals surface area contributed by atoms with Crippen molar-refractivity contribution >= 4 is 11.9 Å². The van der Waals surface area contributed by atoms with Gasteiger partial charge >= 0.3 is 5.97 Å². The summed E-state index contributed by atoms with van der Waals surface area (Å²) in [6.07, 6.45) is 58.4. The van der Waals surface area contributed by atoms with Crippen molar-refractivity contribution in [3.63, 3.8) is 0 Å². The third-order valence-electron chi connectivity index (χ3n) is 11.5. The summed E-state index contributed by atoms with van der Waals surface area (Å²) in [5.74, 6) is -0.498. The number of hydrogen-bond acceptors (Lipinski definition) is 5. The van der Waals surface area contributed by atoms with E-state index in [0.717, 1.165) is 77.0 Å². The summed E-state index contributed by atoms with van der Waals surface area (Å²) in [6.45, 7) is 6.38. The van der Waals surface area contributed by atoms with Crippen LogP contribution in [0.2, 0.25) is 0 Å². The number of unbranched alkanes of at least 4 members (excludes halogenated alkanes) is 27. The molecule has 0 saturated heterocycles. The maximum Gasteiger partial charge on any atom is 0.306 e. The number of aliphatic hydroxyl groups excluding tert-OH is 2. The molecule has 3 unspecified atom stereocenters. The smallest absolute Gasteiger partial charge is 0.306 e. The highest BCUT2D eigenvalue weighted by Gasteiger charge is 2.24. The van der Waals surface area contributed by atoms with Gasteiger partial charge in [0, 0.05) is 6.42 Å². The number of aliphatic hydroxyl groups is 2. The van der Waals surface area contributed by atoms with E-state index in [1.165, 1.54) is 122 Å². The average molecular weight is 840 g/mol. The van der Waals surface area contributed by atoms with E-state index in [1.807, 2.05) is 24.3 Å². The van der Waals surface area contributed by atoms with Gasteiger partial charge in [-0.05, 0) is 44.9 Å². The molecule has 0 aliphatic carbocycles. The predicted molar refractivity (Wildman–Crippen MR) is 259 cm³/mol. The normalized spacial score (nSPS) is 13.8. The molecule has 0 rings (SSSR count). The summed E-state index contributed by atoms with van der Waals surface area (Å²) in [4.78, 5) is 26.1. The van der Waals surface area contributed by atoms with Gasteiger partial charge in [-0.15, -0.1) is 0 Å². The fourth-order valence-corrected chi connectivity index (χ4v) is 7.58. The van der Waals surface area contributed by atoms with Crippen LogP contribution >= 0.6 is 0 Å². The van der Waals surface area contributed by atoms with Crippen LogP contribution in [0.1, 0.15) is 245 Å². The Morgan fingerprint density at radius 2 is 0.883 bits per heavy atom. The van der Waals surface area contributed by atoms with Crippen LogP contribution in [0.3, 0.4) is 0 Å². The fourth-order valence-electron chi connectivity index (χ4n) is 7.58. The Morgan fingerprint density at radius 1 is 0.483 bits per heavy atom. The lowest BCUT2D eigenvalue weighted by molar-refractivity contribution is -0.151.